The van der Waals surface area contributed by atoms with Gasteiger partial charge in [-0.25, -0.2) is 14.5 Å². The molecule has 0 spiro atoms. The maximum absolute atomic E-state index is 13.0. The van der Waals surface area contributed by atoms with Gasteiger partial charge in [-0.3, -0.25) is 4.99 Å². The Hall–Kier alpha value is -3.25. The van der Waals surface area contributed by atoms with Crippen molar-refractivity contribution in [2.75, 3.05) is 33.3 Å². The Morgan fingerprint density at radius 3 is 2.43 bits per heavy atom. The topological polar surface area (TPSA) is 124 Å². The first-order valence-corrected chi connectivity index (χ1v) is 13.4. The second-order valence-electron chi connectivity index (χ2n) is 8.00. The molecule has 0 aliphatic carbocycles. The quantitative estimate of drug-likeness (QED) is 0.268. The largest absolute Gasteiger partial charge is 0.478 e. The molecule has 1 aliphatic rings. The minimum Gasteiger partial charge on any atom is -0.478 e. The fraction of sp³-hybridized carbons (Fsp3) is 0.320. The molecule has 1 atom stereocenters. The molecule has 2 N–H and O–H groups in total. The number of carboxylic acid groups (broad SMARTS) is 1. The Labute approximate surface area is 222 Å². The molecule has 0 fully saturated rings. The highest BCUT2D eigenvalue weighted by Crippen LogP contribution is 2.37. The second-order valence-corrected chi connectivity index (χ2v) is 10.1. The van der Waals surface area contributed by atoms with Crippen LogP contribution in [0.25, 0.3) is 0 Å². The van der Waals surface area contributed by atoms with Crippen molar-refractivity contribution >= 4 is 39.5 Å². The van der Waals surface area contributed by atoms with Crippen LogP contribution in [0.4, 0.5) is 0 Å². The lowest BCUT2D eigenvalue weighted by Crippen LogP contribution is -2.50. The van der Waals surface area contributed by atoms with Crippen molar-refractivity contribution in [1.29, 1.82) is 0 Å². The summed E-state index contributed by atoms with van der Waals surface area (Å²) in [4.78, 5) is 15.2. The molecule has 1 unspecified atom stereocenters. The van der Waals surface area contributed by atoms with Crippen LogP contribution in [0.5, 0.6) is 0 Å². The SMILES string of the molecule is CCN(CC)S(=O)(=O)NC(=NC)N1CC(OC/C=C/C(=O)O)(c2ccccc2)C(c2ccc(Cl)cc2)=N1. The van der Waals surface area contributed by atoms with Gasteiger partial charge in [0, 0.05) is 36.8 Å². The van der Waals surface area contributed by atoms with E-state index < -0.39 is 21.8 Å². The first-order valence-electron chi connectivity index (χ1n) is 11.6. The molecule has 2 aromatic carbocycles. The number of carbonyl (C=O) groups is 1. The van der Waals surface area contributed by atoms with E-state index >= 15 is 0 Å². The number of hydrogen-bond acceptors (Lipinski definition) is 6. The molecule has 2 aromatic rings. The Morgan fingerprint density at radius 2 is 1.86 bits per heavy atom. The highest BCUT2D eigenvalue weighted by Gasteiger charge is 2.47. The predicted octanol–water partition coefficient (Wildman–Crippen LogP) is 3.07. The van der Waals surface area contributed by atoms with Crippen molar-refractivity contribution in [2.45, 2.75) is 19.4 Å². The molecule has 0 amide bonds. The van der Waals surface area contributed by atoms with Crippen LogP contribution >= 0.6 is 11.6 Å². The number of halogens is 1. The molecule has 0 saturated carbocycles. The number of rotatable bonds is 10. The zero-order chi connectivity index (χ0) is 27.1. The number of carboxylic acids is 1. The summed E-state index contributed by atoms with van der Waals surface area (Å²) in [6.07, 6.45) is 2.40. The van der Waals surface area contributed by atoms with Crippen molar-refractivity contribution in [3.63, 3.8) is 0 Å². The van der Waals surface area contributed by atoms with Crippen LogP contribution in [0.1, 0.15) is 25.0 Å². The van der Waals surface area contributed by atoms with E-state index in [9.17, 15) is 13.2 Å². The normalized spacial score (nSPS) is 18.5. The summed E-state index contributed by atoms with van der Waals surface area (Å²) in [6.45, 7) is 4.10. The summed E-state index contributed by atoms with van der Waals surface area (Å²) in [5.74, 6) is -1.08. The van der Waals surface area contributed by atoms with Crippen LogP contribution in [0.3, 0.4) is 0 Å². The van der Waals surface area contributed by atoms with Crippen LogP contribution in [0.2, 0.25) is 5.02 Å². The minimum atomic E-state index is -3.88. The summed E-state index contributed by atoms with van der Waals surface area (Å²) in [5, 5.41) is 15.8. The smallest absolute Gasteiger partial charge is 0.328 e. The predicted molar refractivity (Wildman–Crippen MR) is 144 cm³/mol. The highest BCUT2D eigenvalue weighted by molar-refractivity contribution is 7.87. The molecular weight excluding hydrogens is 518 g/mol. The lowest BCUT2D eigenvalue weighted by Gasteiger charge is -2.32. The molecule has 1 heterocycles. The Bertz CT molecular complexity index is 1280. The van der Waals surface area contributed by atoms with Crippen LogP contribution in [-0.4, -0.2) is 73.8 Å². The van der Waals surface area contributed by atoms with Crippen LogP contribution in [0.15, 0.2) is 76.8 Å². The molecule has 0 aromatic heterocycles. The Kier molecular flexibility index (Phi) is 9.44. The molecular formula is C25H30ClN5O5S. The Balaban J connectivity index is 2.11. The highest BCUT2D eigenvalue weighted by atomic mass is 35.5. The van der Waals surface area contributed by atoms with Crippen molar-refractivity contribution < 1.29 is 23.1 Å². The zero-order valence-electron chi connectivity index (χ0n) is 20.8. The fourth-order valence-corrected chi connectivity index (χ4v) is 5.34. The molecule has 37 heavy (non-hydrogen) atoms. The van der Waals surface area contributed by atoms with E-state index in [1.165, 1.54) is 22.4 Å². The first-order chi connectivity index (χ1) is 17.7. The van der Waals surface area contributed by atoms with Gasteiger partial charge < -0.3 is 9.84 Å². The maximum Gasteiger partial charge on any atom is 0.328 e. The molecule has 0 saturated heterocycles. The number of guanidine groups is 1. The Morgan fingerprint density at radius 1 is 1.22 bits per heavy atom. The lowest BCUT2D eigenvalue weighted by atomic mass is 9.85. The first kappa shape index (κ1) is 28.3. The van der Waals surface area contributed by atoms with Gasteiger partial charge in [0.2, 0.25) is 5.96 Å². The number of aliphatic carboxylic acids is 1. The zero-order valence-corrected chi connectivity index (χ0v) is 22.4. The third-order valence-corrected chi connectivity index (χ3v) is 7.63. The average Bonchev–Trinajstić information content (AvgIpc) is 3.27. The molecule has 3 rings (SSSR count). The van der Waals surface area contributed by atoms with E-state index in [4.69, 9.17) is 26.5 Å². The van der Waals surface area contributed by atoms with Crippen LogP contribution in [0, 0.1) is 0 Å². The van der Waals surface area contributed by atoms with E-state index in [0.29, 0.717) is 16.3 Å². The van der Waals surface area contributed by atoms with Gasteiger partial charge in [0.25, 0.3) is 0 Å². The molecule has 198 valence electrons. The van der Waals surface area contributed by atoms with Crippen LogP contribution < -0.4 is 4.72 Å². The van der Waals surface area contributed by atoms with Gasteiger partial charge in [0.05, 0.1) is 13.2 Å². The van der Waals surface area contributed by atoms with E-state index in [2.05, 4.69) is 9.71 Å². The molecule has 0 bridgehead atoms. The van der Waals surface area contributed by atoms with Crippen molar-refractivity contribution in [3.05, 3.63) is 82.9 Å². The number of ether oxygens (including phenoxy) is 1. The maximum atomic E-state index is 13.0. The number of nitrogens with zero attached hydrogens (tertiary/aromatic N) is 4. The van der Waals surface area contributed by atoms with Gasteiger partial charge in [0.15, 0.2) is 5.60 Å². The molecule has 12 heteroatoms. The summed E-state index contributed by atoms with van der Waals surface area (Å²) < 4.78 is 36.1. The second kappa shape index (κ2) is 12.3. The number of hydrogen-bond donors (Lipinski definition) is 2. The summed E-state index contributed by atoms with van der Waals surface area (Å²) >= 11 is 6.12. The average molecular weight is 548 g/mol. The van der Waals surface area contributed by atoms with Gasteiger partial charge in [-0.2, -0.15) is 17.8 Å². The summed E-state index contributed by atoms with van der Waals surface area (Å²) in [5.41, 5.74) is 0.744. The molecule has 0 radical (unpaired) electrons. The van der Waals surface area contributed by atoms with E-state index in [0.717, 1.165) is 11.6 Å². The van der Waals surface area contributed by atoms with Crippen molar-refractivity contribution in [3.8, 4) is 0 Å². The number of nitrogens with one attached hydrogen (secondary N) is 1. The van der Waals surface area contributed by atoms with Crippen LogP contribution in [-0.2, 0) is 25.3 Å². The summed E-state index contributed by atoms with van der Waals surface area (Å²) in [6, 6.07) is 16.4. The minimum absolute atomic E-state index is 0.0147. The monoisotopic (exact) mass is 547 g/mol. The van der Waals surface area contributed by atoms with Gasteiger partial charge in [0.1, 0.15) is 5.71 Å². The van der Waals surface area contributed by atoms with Crippen molar-refractivity contribution in [1.82, 2.24) is 14.0 Å². The fourth-order valence-electron chi connectivity index (χ4n) is 3.97. The van der Waals surface area contributed by atoms with Gasteiger partial charge >= 0.3 is 16.2 Å². The van der Waals surface area contributed by atoms with E-state index in [1.807, 2.05) is 30.3 Å². The van der Waals surface area contributed by atoms with E-state index in [1.54, 1.807) is 38.1 Å². The third kappa shape index (κ3) is 6.55. The molecule has 10 nitrogen and oxygen atoms in total. The standard InChI is InChI=1S/C25H30ClN5O5S/c1-4-30(5-2)37(34,35)29-24(27-3)31-18-25(20-10-7-6-8-11-20,36-17-9-12-22(32)33)23(28-31)19-13-15-21(26)16-14-19/h6-16H,4-5,17-18H2,1-3H3,(H,27,29)(H,32,33)/b12-9+. The van der Waals surface area contributed by atoms with E-state index in [-0.39, 0.29) is 32.2 Å². The van der Waals surface area contributed by atoms with Gasteiger partial charge in [-0.1, -0.05) is 74.0 Å². The number of hydrazone groups is 1. The molecule has 1 aliphatic heterocycles. The van der Waals surface area contributed by atoms with Gasteiger partial charge in [-0.05, 0) is 17.7 Å². The van der Waals surface area contributed by atoms with Gasteiger partial charge in [-0.15, -0.1) is 0 Å². The van der Waals surface area contributed by atoms with Crippen molar-refractivity contribution in [2.24, 2.45) is 10.1 Å². The lowest BCUT2D eigenvalue weighted by molar-refractivity contribution is -0.131. The number of aliphatic imine (C=N–C) groups is 1. The summed E-state index contributed by atoms with van der Waals surface area (Å²) in [7, 11) is -2.42. The number of benzene rings is 2. The third-order valence-electron chi connectivity index (χ3n) is 5.74.